The molecule has 0 spiro atoms. The van der Waals surface area contributed by atoms with Gasteiger partial charge < -0.3 is 9.47 Å². The van der Waals surface area contributed by atoms with Crippen molar-refractivity contribution in [1.82, 2.24) is 9.47 Å². The molecule has 37 heavy (non-hydrogen) atoms. The van der Waals surface area contributed by atoms with Crippen molar-refractivity contribution in [2.45, 2.75) is 36.7 Å². The lowest BCUT2D eigenvalue weighted by atomic mass is 10.0. The van der Waals surface area contributed by atoms with E-state index in [9.17, 15) is 8.60 Å². The molecule has 1 saturated heterocycles. The third-order valence-electron chi connectivity index (χ3n) is 7.41. The number of aromatic nitrogens is 1. The van der Waals surface area contributed by atoms with Gasteiger partial charge in [0.25, 0.3) is 0 Å². The van der Waals surface area contributed by atoms with Crippen LogP contribution in [0.1, 0.15) is 30.4 Å². The van der Waals surface area contributed by atoms with Gasteiger partial charge in [0.2, 0.25) is 0 Å². The molecule has 0 bridgehead atoms. The maximum atomic E-state index is 13.2. The van der Waals surface area contributed by atoms with Gasteiger partial charge in [0.15, 0.2) is 0 Å². The largest absolute Gasteiger partial charge is 0.343 e. The Morgan fingerprint density at radius 3 is 2.32 bits per heavy atom. The van der Waals surface area contributed by atoms with E-state index in [1.165, 1.54) is 34.3 Å². The minimum absolute atomic E-state index is 0.206. The molecular weight excluding hydrogens is 526 g/mol. The molecule has 3 aromatic carbocycles. The molecule has 0 saturated carbocycles. The third-order valence-corrected chi connectivity index (χ3v) is 9.73. The quantitative estimate of drug-likeness (QED) is 0.223. The van der Waals surface area contributed by atoms with Gasteiger partial charge in [0, 0.05) is 49.8 Å². The Kier molecular flexibility index (Phi) is 8.35. The predicted molar refractivity (Wildman–Crippen MR) is 154 cm³/mol. The molecule has 5 rings (SSSR count). The average molecular weight is 558 g/mol. The topological polar surface area (TPSA) is 25.2 Å². The van der Waals surface area contributed by atoms with Crippen LogP contribution in [0.15, 0.2) is 66.7 Å². The molecule has 1 fully saturated rings. The number of benzene rings is 3. The zero-order valence-electron chi connectivity index (χ0n) is 20.9. The van der Waals surface area contributed by atoms with Crippen molar-refractivity contribution in [1.29, 1.82) is 0 Å². The van der Waals surface area contributed by atoms with Crippen molar-refractivity contribution in [2.75, 3.05) is 19.6 Å². The van der Waals surface area contributed by atoms with Crippen LogP contribution in [0.25, 0.3) is 22.2 Å². The summed E-state index contributed by atoms with van der Waals surface area (Å²) in [6, 6.07) is 20.5. The molecule has 0 amide bonds. The zero-order valence-corrected chi connectivity index (χ0v) is 23.3. The van der Waals surface area contributed by atoms with Gasteiger partial charge in [0.1, 0.15) is 5.82 Å². The van der Waals surface area contributed by atoms with Gasteiger partial charge in [-0.25, -0.2) is 4.39 Å². The first-order chi connectivity index (χ1) is 17.9. The maximum absolute atomic E-state index is 13.2. The van der Waals surface area contributed by atoms with Gasteiger partial charge >= 0.3 is 0 Å². The van der Waals surface area contributed by atoms with E-state index in [0.29, 0.717) is 5.75 Å². The van der Waals surface area contributed by atoms with Crippen molar-refractivity contribution in [3.8, 4) is 11.3 Å². The highest BCUT2D eigenvalue weighted by molar-refractivity contribution is 7.84. The average Bonchev–Trinajstić information content (AvgIpc) is 3.17. The Bertz CT molecular complexity index is 1390. The second kappa shape index (κ2) is 11.7. The zero-order chi connectivity index (χ0) is 25.9. The first kappa shape index (κ1) is 26.4. The molecule has 0 radical (unpaired) electrons. The van der Waals surface area contributed by atoms with E-state index in [-0.39, 0.29) is 11.1 Å². The highest BCUT2D eigenvalue weighted by Gasteiger charge is 2.24. The van der Waals surface area contributed by atoms with Crippen LogP contribution in [0.3, 0.4) is 0 Å². The van der Waals surface area contributed by atoms with Crippen molar-refractivity contribution in [3.63, 3.8) is 0 Å². The summed E-state index contributed by atoms with van der Waals surface area (Å²) in [5, 5.41) is 2.89. The van der Waals surface area contributed by atoms with Gasteiger partial charge in [-0.2, -0.15) is 0 Å². The van der Waals surface area contributed by atoms with Crippen LogP contribution in [0.5, 0.6) is 0 Å². The molecule has 3 nitrogen and oxygen atoms in total. The normalized spacial score (nSPS) is 15.9. The van der Waals surface area contributed by atoms with Crippen LogP contribution in [0.4, 0.5) is 4.39 Å². The van der Waals surface area contributed by atoms with Crippen molar-refractivity contribution >= 4 is 44.9 Å². The summed E-state index contributed by atoms with van der Waals surface area (Å²) in [6.07, 6.45) is 3.86. The fourth-order valence-electron chi connectivity index (χ4n) is 5.46. The van der Waals surface area contributed by atoms with Gasteiger partial charge in [-0.15, -0.1) is 0 Å². The monoisotopic (exact) mass is 556 g/mol. The van der Waals surface area contributed by atoms with Crippen LogP contribution < -0.4 is 0 Å². The fraction of sp³-hybridized carbons (Fsp3) is 0.333. The summed E-state index contributed by atoms with van der Waals surface area (Å²) in [5.74, 6) is 0.247. The van der Waals surface area contributed by atoms with E-state index in [1.54, 1.807) is 12.1 Å². The number of halogens is 3. The maximum Gasteiger partial charge on any atom is 0.123 e. The van der Waals surface area contributed by atoms with Gasteiger partial charge in [-0.05, 0) is 104 Å². The molecular formula is C30H31Cl2FN2OS. The van der Waals surface area contributed by atoms with Crippen molar-refractivity contribution in [3.05, 3.63) is 93.7 Å². The fourth-order valence-corrected chi connectivity index (χ4v) is 7.25. The molecule has 4 aromatic rings. The SMILES string of the molecule is Cn1c(-c2ccc(Cl)cc2)c(CCCN2CCC(S(=O)Cc3ccc(F)cc3)CC2)c2cc(Cl)ccc21. The summed E-state index contributed by atoms with van der Waals surface area (Å²) in [5.41, 5.74) is 5.79. The van der Waals surface area contributed by atoms with Crippen molar-refractivity contribution < 1.29 is 8.60 Å². The second-order valence-corrected chi connectivity index (χ2v) is 12.4. The summed E-state index contributed by atoms with van der Waals surface area (Å²) < 4.78 is 28.3. The van der Waals surface area contributed by atoms with Crippen LogP contribution in [-0.4, -0.2) is 38.6 Å². The molecule has 1 unspecified atom stereocenters. The Morgan fingerprint density at radius 1 is 0.946 bits per heavy atom. The Hall–Kier alpha value is -2.18. The molecule has 1 atom stereocenters. The lowest BCUT2D eigenvalue weighted by molar-refractivity contribution is 0.229. The lowest BCUT2D eigenvalue weighted by Gasteiger charge is -2.31. The van der Waals surface area contributed by atoms with Gasteiger partial charge in [0.05, 0.1) is 5.69 Å². The standard InChI is InChI=1S/C30H31Cl2FN2OS/c1-34-29-13-10-24(32)19-28(29)27(30(34)22-6-8-23(31)9-7-22)3-2-16-35-17-14-26(15-18-35)37(36)20-21-4-11-25(33)12-5-21/h4-13,19,26H,2-3,14-18,20H2,1H3. The number of likely N-dealkylation sites (tertiary alicyclic amines) is 1. The number of aryl methyl sites for hydroxylation is 2. The Balaban J connectivity index is 1.22. The van der Waals surface area contributed by atoms with Crippen LogP contribution in [0, 0.1) is 5.82 Å². The lowest BCUT2D eigenvalue weighted by Crippen LogP contribution is -2.38. The van der Waals surface area contributed by atoms with Crippen molar-refractivity contribution in [2.24, 2.45) is 7.05 Å². The molecule has 194 valence electrons. The summed E-state index contributed by atoms with van der Waals surface area (Å²) in [6.45, 7) is 2.94. The van der Waals surface area contributed by atoms with E-state index in [1.807, 2.05) is 18.2 Å². The molecule has 7 heteroatoms. The Morgan fingerprint density at radius 2 is 1.62 bits per heavy atom. The number of rotatable bonds is 8. The molecule has 1 aromatic heterocycles. The Labute approximate surface area is 230 Å². The third kappa shape index (κ3) is 6.12. The smallest absolute Gasteiger partial charge is 0.123 e. The minimum atomic E-state index is -0.930. The van der Waals surface area contributed by atoms with E-state index >= 15 is 0 Å². The molecule has 1 aliphatic heterocycles. The van der Waals surface area contributed by atoms with Gasteiger partial charge in [-0.3, -0.25) is 4.21 Å². The number of piperidine rings is 1. The number of nitrogens with zero attached hydrogens (tertiary/aromatic N) is 2. The van der Waals surface area contributed by atoms with Gasteiger partial charge in [-0.1, -0.05) is 47.5 Å². The molecule has 0 N–H and O–H groups in total. The first-order valence-corrected chi connectivity index (χ1v) is 14.9. The van der Waals surface area contributed by atoms with Crippen LogP contribution in [0.2, 0.25) is 10.0 Å². The summed E-state index contributed by atoms with van der Waals surface area (Å²) in [7, 11) is 1.18. The summed E-state index contributed by atoms with van der Waals surface area (Å²) in [4.78, 5) is 2.49. The molecule has 1 aliphatic rings. The van der Waals surface area contributed by atoms with E-state index in [2.05, 4.69) is 40.8 Å². The highest BCUT2D eigenvalue weighted by Crippen LogP contribution is 2.36. The first-order valence-electron chi connectivity index (χ1n) is 12.8. The van der Waals surface area contributed by atoms with Crippen LogP contribution in [-0.2, 0) is 30.0 Å². The van der Waals surface area contributed by atoms with E-state index in [0.717, 1.165) is 66.5 Å². The minimum Gasteiger partial charge on any atom is -0.343 e. The predicted octanol–water partition coefficient (Wildman–Crippen LogP) is 7.64. The number of hydrogen-bond acceptors (Lipinski definition) is 2. The summed E-state index contributed by atoms with van der Waals surface area (Å²) >= 11 is 12.6. The highest BCUT2D eigenvalue weighted by atomic mass is 35.5. The number of fused-ring (bicyclic) bond motifs is 1. The van der Waals surface area contributed by atoms with E-state index in [4.69, 9.17) is 23.2 Å². The molecule has 2 heterocycles. The van der Waals surface area contributed by atoms with Crippen LogP contribution >= 0.6 is 23.2 Å². The second-order valence-electron chi connectivity index (χ2n) is 9.85. The molecule has 0 aliphatic carbocycles. The number of hydrogen-bond donors (Lipinski definition) is 0. The van der Waals surface area contributed by atoms with E-state index < -0.39 is 10.8 Å².